The largest absolute Gasteiger partial charge is 0.490 e. The third kappa shape index (κ3) is 3.79. The van der Waals surface area contributed by atoms with E-state index in [0.29, 0.717) is 6.10 Å². The van der Waals surface area contributed by atoms with Crippen molar-refractivity contribution in [1.29, 1.82) is 0 Å². The zero-order valence-corrected chi connectivity index (χ0v) is 13.2. The van der Waals surface area contributed by atoms with Gasteiger partial charge < -0.3 is 9.84 Å². The van der Waals surface area contributed by atoms with Crippen LogP contribution in [0, 0.1) is 5.92 Å². The predicted octanol–water partition coefficient (Wildman–Crippen LogP) is 4.80. The van der Waals surface area contributed by atoms with Crippen LogP contribution in [0.2, 0.25) is 0 Å². The van der Waals surface area contributed by atoms with Gasteiger partial charge in [0.15, 0.2) is 0 Å². The van der Waals surface area contributed by atoms with E-state index in [9.17, 15) is 5.11 Å². The van der Waals surface area contributed by atoms with Crippen molar-refractivity contribution in [2.24, 2.45) is 5.92 Å². The molecule has 21 heavy (non-hydrogen) atoms. The van der Waals surface area contributed by atoms with Crippen molar-refractivity contribution < 1.29 is 9.84 Å². The Kier molecular flexibility index (Phi) is 4.54. The van der Waals surface area contributed by atoms with Crippen LogP contribution in [0.4, 0.5) is 0 Å². The van der Waals surface area contributed by atoms with E-state index in [-0.39, 0.29) is 0 Å². The second kappa shape index (κ2) is 6.39. The summed E-state index contributed by atoms with van der Waals surface area (Å²) >= 11 is 0. The maximum Gasteiger partial charge on any atom is 0.120 e. The van der Waals surface area contributed by atoms with Crippen LogP contribution in [0.3, 0.4) is 0 Å². The highest BCUT2D eigenvalue weighted by molar-refractivity contribution is 5.33. The molecule has 0 spiro atoms. The molecule has 2 aliphatic rings. The van der Waals surface area contributed by atoms with E-state index in [1.54, 1.807) is 0 Å². The summed E-state index contributed by atoms with van der Waals surface area (Å²) in [4.78, 5) is 0. The zero-order chi connectivity index (χ0) is 14.7. The molecule has 2 unspecified atom stereocenters. The Hall–Kier alpha value is -1.02. The Morgan fingerprint density at radius 3 is 2.81 bits per heavy atom. The maximum atomic E-state index is 11.1. The van der Waals surface area contributed by atoms with Crippen LogP contribution in [-0.2, 0) is 5.60 Å². The molecule has 3 rings (SSSR count). The quantitative estimate of drug-likeness (QED) is 0.789. The monoisotopic (exact) mass is 288 g/mol. The highest BCUT2D eigenvalue weighted by Gasteiger charge is 2.33. The van der Waals surface area contributed by atoms with E-state index in [1.807, 2.05) is 12.1 Å². The van der Waals surface area contributed by atoms with E-state index in [1.165, 1.54) is 32.1 Å². The summed E-state index contributed by atoms with van der Waals surface area (Å²) in [6.07, 6.45) is 10.7. The zero-order valence-electron chi connectivity index (χ0n) is 13.2. The third-order valence-corrected chi connectivity index (χ3v) is 5.06. The number of ether oxygens (including phenoxy) is 1. The first-order chi connectivity index (χ1) is 10.2. The molecule has 2 atom stereocenters. The SMILES string of the molecule is CCCC1CCCC(O)(c2cccc(OC3CC3)c2)CC1. The van der Waals surface area contributed by atoms with Crippen molar-refractivity contribution in [3.05, 3.63) is 29.8 Å². The molecule has 0 radical (unpaired) electrons. The Morgan fingerprint density at radius 1 is 1.19 bits per heavy atom. The van der Waals surface area contributed by atoms with Crippen LogP contribution in [0.5, 0.6) is 5.75 Å². The summed E-state index contributed by atoms with van der Waals surface area (Å²) in [5.74, 6) is 1.73. The summed E-state index contributed by atoms with van der Waals surface area (Å²) < 4.78 is 5.88. The minimum absolute atomic E-state index is 0.415. The first kappa shape index (κ1) is 14.9. The van der Waals surface area contributed by atoms with Gasteiger partial charge in [-0.2, -0.15) is 0 Å². The van der Waals surface area contributed by atoms with Gasteiger partial charge in [-0.15, -0.1) is 0 Å². The summed E-state index contributed by atoms with van der Waals surface area (Å²) in [6, 6.07) is 8.18. The lowest BCUT2D eigenvalue weighted by molar-refractivity contribution is 0.0193. The molecule has 0 aromatic heterocycles. The highest BCUT2D eigenvalue weighted by atomic mass is 16.5. The number of hydrogen-bond donors (Lipinski definition) is 1. The van der Waals surface area contributed by atoms with Crippen molar-refractivity contribution in [2.45, 2.75) is 76.4 Å². The fourth-order valence-electron chi connectivity index (χ4n) is 3.62. The fourth-order valence-corrected chi connectivity index (χ4v) is 3.62. The van der Waals surface area contributed by atoms with Crippen LogP contribution in [0.1, 0.15) is 70.3 Å². The average molecular weight is 288 g/mol. The van der Waals surface area contributed by atoms with Gasteiger partial charge in [0.2, 0.25) is 0 Å². The minimum Gasteiger partial charge on any atom is -0.490 e. The topological polar surface area (TPSA) is 29.5 Å². The van der Waals surface area contributed by atoms with Gasteiger partial charge in [-0.05, 0) is 62.1 Å². The minimum atomic E-state index is -0.647. The molecule has 0 aliphatic heterocycles. The van der Waals surface area contributed by atoms with Crippen molar-refractivity contribution in [3.8, 4) is 5.75 Å². The third-order valence-electron chi connectivity index (χ3n) is 5.06. The molecular weight excluding hydrogens is 260 g/mol. The summed E-state index contributed by atoms with van der Waals surface area (Å²) in [5.41, 5.74) is 0.406. The summed E-state index contributed by atoms with van der Waals surface area (Å²) in [7, 11) is 0. The Balaban J connectivity index is 1.71. The van der Waals surface area contributed by atoms with Crippen LogP contribution in [0.25, 0.3) is 0 Å². The lowest BCUT2D eigenvalue weighted by Crippen LogP contribution is -2.24. The highest BCUT2D eigenvalue weighted by Crippen LogP contribution is 2.40. The first-order valence-electron chi connectivity index (χ1n) is 8.69. The molecule has 2 nitrogen and oxygen atoms in total. The molecular formula is C19H28O2. The maximum absolute atomic E-state index is 11.1. The predicted molar refractivity (Wildman–Crippen MR) is 85.5 cm³/mol. The van der Waals surface area contributed by atoms with E-state index >= 15 is 0 Å². The molecule has 0 amide bonds. The average Bonchev–Trinajstić information content (AvgIpc) is 3.30. The van der Waals surface area contributed by atoms with E-state index in [4.69, 9.17) is 4.74 Å². The number of hydrogen-bond acceptors (Lipinski definition) is 2. The fraction of sp³-hybridized carbons (Fsp3) is 0.684. The molecule has 0 bridgehead atoms. The summed E-state index contributed by atoms with van der Waals surface area (Å²) in [6.45, 7) is 2.26. The number of aliphatic hydroxyl groups is 1. The van der Waals surface area contributed by atoms with Crippen molar-refractivity contribution in [2.75, 3.05) is 0 Å². The van der Waals surface area contributed by atoms with Gasteiger partial charge in [-0.3, -0.25) is 0 Å². The number of benzene rings is 1. The standard InChI is InChI=1S/C19H28O2/c1-2-5-15-6-4-12-19(20,13-11-15)16-7-3-8-18(14-16)21-17-9-10-17/h3,7-8,14-15,17,20H,2,4-6,9-13H2,1H3. The Morgan fingerprint density at radius 2 is 2.05 bits per heavy atom. The van der Waals surface area contributed by atoms with Crippen molar-refractivity contribution in [3.63, 3.8) is 0 Å². The van der Waals surface area contributed by atoms with Gasteiger partial charge >= 0.3 is 0 Å². The van der Waals surface area contributed by atoms with Gasteiger partial charge in [-0.25, -0.2) is 0 Å². The van der Waals surface area contributed by atoms with Gasteiger partial charge in [0.05, 0.1) is 11.7 Å². The van der Waals surface area contributed by atoms with Crippen molar-refractivity contribution >= 4 is 0 Å². The lowest BCUT2D eigenvalue weighted by Gasteiger charge is -2.28. The molecule has 2 heteroatoms. The van der Waals surface area contributed by atoms with Gasteiger partial charge in [-0.1, -0.05) is 38.3 Å². The molecule has 0 heterocycles. The lowest BCUT2D eigenvalue weighted by atomic mass is 9.86. The van der Waals surface area contributed by atoms with E-state index < -0.39 is 5.60 Å². The van der Waals surface area contributed by atoms with Crippen molar-refractivity contribution in [1.82, 2.24) is 0 Å². The Labute approximate surface area is 128 Å². The normalized spacial score (nSPS) is 29.9. The molecule has 1 aromatic carbocycles. The van der Waals surface area contributed by atoms with Crippen LogP contribution < -0.4 is 4.74 Å². The molecule has 1 aromatic rings. The number of rotatable bonds is 5. The van der Waals surface area contributed by atoms with Gasteiger partial charge in [0, 0.05) is 0 Å². The van der Waals surface area contributed by atoms with E-state index in [0.717, 1.165) is 42.9 Å². The summed E-state index contributed by atoms with van der Waals surface area (Å²) in [5, 5.41) is 11.1. The van der Waals surface area contributed by atoms with Crippen LogP contribution in [-0.4, -0.2) is 11.2 Å². The van der Waals surface area contributed by atoms with Gasteiger partial charge in [0.1, 0.15) is 5.75 Å². The molecule has 1 N–H and O–H groups in total. The van der Waals surface area contributed by atoms with Crippen LogP contribution in [0.15, 0.2) is 24.3 Å². The van der Waals surface area contributed by atoms with Crippen LogP contribution >= 0.6 is 0 Å². The first-order valence-corrected chi connectivity index (χ1v) is 8.69. The second-order valence-electron chi connectivity index (χ2n) is 6.96. The molecule has 2 aliphatic carbocycles. The second-order valence-corrected chi connectivity index (χ2v) is 6.96. The molecule has 0 saturated heterocycles. The van der Waals surface area contributed by atoms with E-state index in [2.05, 4.69) is 19.1 Å². The smallest absolute Gasteiger partial charge is 0.120 e. The molecule has 116 valence electrons. The van der Waals surface area contributed by atoms with Gasteiger partial charge in [0.25, 0.3) is 0 Å². The molecule has 2 saturated carbocycles. The molecule has 2 fully saturated rings. The Bertz CT molecular complexity index is 466.